The smallest absolute Gasteiger partial charge is 0.170 e. The van der Waals surface area contributed by atoms with Crippen LogP contribution in [-0.2, 0) is 12.8 Å². The molecule has 0 aromatic heterocycles. The van der Waals surface area contributed by atoms with Gasteiger partial charge in [-0.1, -0.05) is 57.7 Å². The summed E-state index contributed by atoms with van der Waals surface area (Å²) in [7, 11) is 0. The molecule has 3 nitrogen and oxygen atoms in total. The minimum absolute atomic E-state index is 0.173. The molecule has 0 bridgehead atoms. The Morgan fingerprint density at radius 2 is 1.75 bits per heavy atom. The SMILES string of the molecule is CCCCC(CC)CCC1Cc2ccc3c(c2-c2c1ccc1c2OCCC1=O)CCC3=O. The molecule has 0 saturated heterocycles. The van der Waals surface area contributed by atoms with Crippen LogP contribution in [0.5, 0.6) is 5.75 Å². The predicted molar refractivity (Wildman–Crippen MR) is 128 cm³/mol. The third-order valence-electron chi connectivity index (χ3n) is 7.99. The Balaban J connectivity index is 1.58. The number of carbonyl (C=O) groups excluding carboxylic acids is 2. The molecule has 2 atom stereocenters. The normalized spacial score (nSPS) is 19.6. The van der Waals surface area contributed by atoms with Crippen molar-refractivity contribution in [3.8, 4) is 16.9 Å². The fourth-order valence-electron chi connectivity index (χ4n) is 6.13. The lowest BCUT2D eigenvalue weighted by Crippen LogP contribution is -2.20. The van der Waals surface area contributed by atoms with Gasteiger partial charge in [-0.3, -0.25) is 9.59 Å². The van der Waals surface area contributed by atoms with E-state index in [9.17, 15) is 9.59 Å². The molecule has 5 rings (SSSR count). The lowest BCUT2D eigenvalue weighted by molar-refractivity contribution is 0.0932. The molecule has 0 N–H and O–H groups in total. The van der Waals surface area contributed by atoms with Crippen LogP contribution in [0.3, 0.4) is 0 Å². The predicted octanol–water partition coefficient (Wildman–Crippen LogP) is 7.08. The van der Waals surface area contributed by atoms with Crippen LogP contribution in [0.1, 0.15) is 109 Å². The van der Waals surface area contributed by atoms with Gasteiger partial charge < -0.3 is 4.74 Å². The fourth-order valence-corrected chi connectivity index (χ4v) is 6.13. The number of Topliss-reactive ketones (excluding diaryl/α,β-unsaturated/α-hetero) is 2. The number of rotatable bonds is 7. The minimum atomic E-state index is 0.173. The van der Waals surface area contributed by atoms with E-state index in [1.807, 2.05) is 12.1 Å². The number of hydrogen-bond acceptors (Lipinski definition) is 3. The summed E-state index contributed by atoms with van der Waals surface area (Å²) in [4.78, 5) is 25.2. The van der Waals surface area contributed by atoms with E-state index in [4.69, 9.17) is 4.74 Å². The van der Waals surface area contributed by atoms with E-state index in [1.165, 1.54) is 54.4 Å². The topological polar surface area (TPSA) is 43.4 Å². The lowest BCUT2D eigenvalue weighted by atomic mass is 9.72. The first-order chi connectivity index (χ1) is 15.6. The first-order valence-corrected chi connectivity index (χ1v) is 12.6. The van der Waals surface area contributed by atoms with Gasteiger partial charge in [0.25, 0.3) is 0 Å². The molecular weight excluding hydrogens is 396 g/mol. The van der Waals surface area contributed by atoms with Crippen molar-refractivity contribution in [1.82, 2.24) is 0 Å². The zero-order valence-electron chi connectivity index (χ0n) is 19.5. The van der Waals surface area contributed by atoms with Crippen LogP contribution in [0.15, 0.2) is 24.3 Å². The van der Waals surface area contributed by atoms with Gasteiger partial charge in [0, 0.05) is 24.0 Å². The van der Waals surface area contributed by atoms with Crippen LogP contribution in [0, 0.1) is 5.92 Å². The van der Waals surface area contributed by atoms with Gasteiger partial charge >= 0.3 is 0 Å². The molecule has 2 aromatic rings. The summed E-state index contributed by atoms with van der Waals surface area (Å²) in [5, 5.41) is 0. The number of unbranched alkanes of at least 4 members (excludes halogenated alkanes) is 1. The number of fused-ring (bicyclic) bond motifs is 7. The Hall–Kier alpha value is -2.42. The molecule has 0 radical (unpaired) electrons. The number of ketones is 2. The maximum atomic E-state index is 12.7. The summed E-state index contributed by atoms with van der Waals surface area (Å²) in [6.45, 7) is 5.04. The van der Waals surface area contributed by atoms with Crippen molar-refractivity contribution in [2.45, 2.75) is 84.0 Å². The Kier molecular flexibility index (Phi) is 5.92. The molecule has 3 heteroatoms. The molecule has 1 heterocycles. The Morgan fingerprint density at radius 1 is 0.938 bits per heavy atom. The maximum Gasteiger partial charge on any atom is 0.170 e. The standard InChI is InChI=1S/C29H34O3/c1-3-5-6-18(4-2)7-8-19-17-20-9-10-22-23(13-14-25(22)30)27(20)28-21(19)11-12-24-26(31)15-16-32-29(24)28/h9-12,18-19H,3-8,13-17H2,1-2H3. The van der Waals surface area contributed by atoms with E-state index in [2.05, 4.69) is 26.0 Å². The van der Waals surface area contributed by atoms with Crippen LogP contribution in [-0.4, -0.2) is 18.2 Å². The second-order valence-electron chi connectivity index (χ2n) is 9.87. The van der Waals surface area contributed by atoms with Gasteiger partial charge in [-0.2, -0.15) is 0 Å². The van der Waals surface area contributed by atoms with E-state index < -0.39 is 0 Å². The number of hydrogen-bond donors (Lipinski definition) is 0. The molecule has 3 aliphatic rings. The van der Waals surface area contributed by atoms with Crippen molar-refractivity contribution >= 4 is 11.6 Å². The number of ether oxygens (including phenoxy) is 1. The minimum Gasteiger partial charge on any atom is -0.492 e. The van der Waals surface area contributed by atoms with Gasteiger partial charge in [0.1, 0.15) is 5.75 Å². The highest BCUT2D eigenvalue weighted by Crippen LogP contribution is 2.51. The molecule has 1 aliphatic heterocycles. The van der Waals surface area contributed by atoms with Gasteiger partial charge in [-0.15, -0.1) is 0 Å². The van der Waals surface area contributed by atoms with Crippen LogP contribution >= 0.6 is 0 Å². The van der Waals surface area contributed by atoms with Crippen LogP contribution in [0.25, 0.3) is 11.1 Å². The third-order valence-corrected chi connectivity index (χ3v) is 7.99. The Labute approximate surface area is 191 Å². The number of carbonyl (C=O) groups is 2. The van der Waals surface area contributed by atoms with Crippen molar-refractivity contribution in [2.75, 3.05) is 6.61 Å². The summed E-state index contributed by atoms with van der Waals surface area (Å²) < 4.78 is 6.18. The zero-order valence-corrected chi connectivity index (χ0v) is 19.5. The lowest BCUT2D eigenvalue weighted by Gasteiger charge is -2.33. The largest absolute Gasteiger partial charge is 0.492 e. The average molecular weight is 431 g/mol. The van der Waals surface area contributed by atoms with Gasteiger partial charge in [0.05, 0.1) is 12.2 Å². The van der Waals surface area contributed by atoms with E-state index in [0.717, 1.165) is 47.6 Å². The fraction of sp³-hybridized carbons (Fsp3) is 0.517. The van der Waals surface area contributed by atoms with Crippen LogP contribution in [0.4, 0.5) is 0 Å². The van der Waals surface area contributed by atoms with Crippen LogP contribution < -0.4 is 4.74 Å². The van der Waals surface area contributed by atoms with Crippen molar-refractivity contribution in [3.05, 3.63) is 52.1 Å². The Morgan fingerprint density at radius 3 is 2.56 bits per heavy atom. The van der Waals surface area contributed by atoms with E-state index in [0.29, 0.717) is 25.4 Å². The highest BCUT2D eigenvalue weighted by atomic mass is 16.5. The molecule has 32 heavy (non-hydrogen) atoms. The summed E-state index contributed by atoms with van der Waals surface area (Å²) in [5.74, 6) is 2.42. The monoisotopic (exact) mass is 430 g/mol. The van der Waals surface area contributed by atoms with Gasteiger partial charge in [-0.05, 0) is 65.8 Å². The summed E-state index contributed by atoms with van der Waals surface area (Å²) in [5.41, 5.74) is 7.74. The molecule has 0 spiro atoms. The maximum absolute atomic E-state index is 12.7. The van der Waals surface area contributed by atoms with E-state index in [-0.39, 0.29) is 11.6 Å². The molecule has 2 aromatic carbocycles. The summed E-state index contributed by atoms with van der Waals surface area (Å²) >= 11 is 0. The van der Waals surface area contributed by atoms with Crippen molar-refractivity contribution in [3.63, 3.8) is 0 Å². The Bertz CT molecular complexity index is 1060. The number of benzene rings is 2. The third kappa shape index (κ3) is 3.60. The van der Waals surface area contributed by atoms with E-state index >= 15 is 0 Å². The van der Waals surface area contributed by atoms with Crippen molar-refractivity contribution in [1.29, 1.82) is 0 Å². The first-order valence-electron chi connectivity index (χ1n) is 12.6. The van der Waals surface area contributed by atoms with Crippen LogP contribution in [0.2, 0.25) is 0 Å². The first kappa shape index (κ1) is 21.4. The summed E-state index contributed by atoms with van der Waals surface area (Å²) in [6, 6.07) is 8.41. The van der Waals surface area contributed by atoms with E-state index in [1.54, 1.807) is 0 Å². The quantitative estimate of drug-likeness (QED) is 0.471. The zero-order chi connectivity index (χ0) is 22.2. The molecule has 2 unspecified atom stereocenters. The molecule has 168 valence electrons. The van der Waals surface area contributed by atoms with Gasteiger partial charge in [-0.25, -0.2) is 0 Å². The molecule has 0 fully saturated rings. The average Bonchev–Trinajstić information content (AvgIpc) is 3.19. The molecule has 2 aliphatic carbocycles. The van der Waals surface area contributed by atoms with Crippen molar-refractivity contribution < 1.29 is 14.3 Å². The van der Waals surface area contributed by atoms with Crippen molar-refractivity contribution in [2.24, 2.45) is 5.92 Å². The highest BCUT2D eigenvalue weighted by Gasteiger charge is 2.35. The highest BCUT2D eigenvalue weighted by molar-refractivity contribution is 6.06. The summed E-state index contributed by atoms with van der Waals surface area (Å²) in [6.07, 6.45) is 10.4. The van der Waals surface area contributed by atoms with Gasteiger partial charge in [0.2, 0.25) is 0 Å². The second-order valence-corrected chi connectivity index (χ2v) is 9.87. The molecule has 0 amide bonds. The second kappa shape index (κ2) is 8.84. The van der Waals surface area contributed by atoms with Gasteiger partial charge in [0.15, 0.2) is 11.6 Å². The molecule has 0 saturated carbocycles. The molecular formula is C29H34O3.